The van der Waals surface area contributed by atoms with Gasteiger partial charge in [-0.1, -0.05) is 54.6 Å². The molecule has 2 aromatic rings. The molecule has 0 spiro atoms. The smallest absolute Gasteiger partial charge is 0.194 e. The number of aliphatic hydroxyl groups excluding tert-OH is 1. The van der Waals surface area contributed by atoms with E-state index < -0.39 is 6.10 Å². The lowest BCUT2D eigenvalue weighted by Gasteiger charge is -2.31. The van der Waals surface area contributed by atoms with Crippen molar-refractivity contribution in [2.24, 2.45) is 4.99 Å². The van der Waals surface area contributed by atoms with E-state index in [1.165, 1.54) is 11.1 Å². The predicted octanol–water partition coefficient (Wildman–Crippen LogP) is 2.61. The summed E-state index contributed by atoms with van der Waals surface area (Å²) in [6, 6.07) is 18.7. The molecular weight excluding hydrogens is 310 g/mol. The molecule has 1 unspecified atom stereocenters. The van der Waals surface area contributed by atoms with Gasteiger partial charge in [-0.15, -0.1) is 0 Å². The third-order valence-electron chi connectivity index (χ3n) is 4.53. The van der Waals surface area contributed by atoms with Crippen LogP contribution in [0.1, 0.15) is 23.6 Å². The number of aliphatic hydroxyl groups is 1. The molecule has 3 rings (SSSR count). The molecule has 1 atom stereocenters. The van der Waals surface area contributed by atoms with E-state index in [4.69, 9.17) is 0 Å². The molecule has 0 aliphatic carbocycles. The van der Waals surface area contributed by atoms with E-state index >= 15 is 0 Å². The van der Waals surface area contributed by atoms with E-state index in [9.17, 15) is 5.11 Å². The van der Waals surface area contributed by atoms with Crippen LogP contribution in [0.25, 0.3) is 0 Å². The Labute approximate surface area is 150 Å². The first-order valence-corrected chi connectivity index (χ1v) is 9.08. The highest BCUT2D eigenvalue weighted by atomic mass is 16.3. The zero-order chi connectivity index (χ0) is 17.5. The minimum Gasteiger partial charge on any atom is -0.391 e. The van der Waals surface area contributed by atoms with Crippen LogP contribution < -0.4 is 5.32 Å². The number of aliphatic imine (C=N–C) groups is 1. The van der Waals surface area contributed by atoms with Crippen LogP contribution in [0.4, 0.5) is 0 Å². The van der Waals surface area contributed by atoms with Crippen LogP contribution in [-0.4, -0.2) is 41.7 Å². The van der Waals surface area contributed by atoms with Crippen molar-refractivity contribution in [3.05, 3.63) is 71.3 Å². The number of rotatable bonds is 5. The molecular formula is C21H27N3O. The second kappa shape index (κ2) is 8.67. The number of nitrogens with one attached hydrogen (secondary N) is 1. The first kappa shape index (κ1) is 17.5. The van der Waals surface area contributed by atoms with Crippen molar-refractivity contribution in [2.75, 3.05) is 19.6 Å². The Morgan fingerprint density at radius 1 is 1.12 bits per heavy atom. The van der Waals surface area contributed by atoms with Crippen LogP contribution in [0.15, 0.2) is 59.6 Å². The molecule has 0 aromatic heterocycles. The fourth-order valence-electron chi connectivity index (χ4n) is 3.24. The maximum Gasteiger partial charge on any atom is 0.194 e. The first-order valence-electron chi connectivity index (χ1n) is 9.08. The summed E-state index contributed by atoms with van der Waals surface area (Å²) in [4.78, 5) is 6.97. The molecule has 25 heavy (non-hydrogen) atoms. The van der Waals surface area contributed by atoms with Gasteiger partial charge in [0, 0.05) is 26.1 Å². The Bertz CT molecular complexity index is 699. The van der Waals surface area contributed by atoms with Gasteiger partial charge in [-0.05, 0) is 30.0 Å². The molecule has 132 valence electrons. The van der Waals surface area contributed by atoms with Crippen molar-refractivity contribution < 1.29 is 5.11 Å². The van der Waals surface area contributed by atoms with Gasteiger partial charge in [-0.25, -0.2) is 0 Å². The number of benzene rings is 2. The summed E-state index contributed by atoms with van der Waals surface area (Å²) in [7, 11) is 0. The van der Waals surface area contributed by atoms with Crippen molar-refractivity contribution >= 4 is 5.96 Å². The summed E-state index contributed by atoms with van der Waals surface area (Å²) in [5.41, 5.74) is 3.94. The average molecular weight is 337 g/mol. The standard InChI is InChI=1S/C21H27N3O/c1-2-22-21(23-15-20(25)14-17-8-4-3-5-9-17)24-13-12-18-10-6-7-11-19(18)16-24/h3-11,20,25H,2,12-16H2,1H3,(H,22,23). The van der Waals surface area contributed by atoms with Crippen molar-refractivity contribution in [2.45, 2.75) is 32.4 Å². The molecule has 0 bridgehead atoms. The molecule has 0 saturated heterocycles. The summed E-state index contributed by atoms with van der Waals surface area (Å²) >= 11 is 0. The topological polar surface area (TPSA) is 47.9 Å². The van der Waals surface area contributed by atoms with Crippen LogP contribution in [0, 0.1) is 0 Å². The fourth-order valence-corrected chi connectivity index (χ4v) is 3.24. The van der Waals surface area contributed by atoms with Crippen molar-refractivity contribution in [3.63, 3.8) is 0 Å². The highest BCUT2D eigenvalue weighted by molar-refractivity contribution is 5.80. The molecule has 2 N–H and O–H groups in total. The lowest BCUT2D eigenvalue weighted by atomic mass is 10.0. The Hall–Kier alpha value is -2.33. The minimum absolute atomic E-state index is 0.412. The summed E-state index contributed by atoms with van der Waals surface area (Å²) in [5, 5.41) is 13.7. The number of fused-ring (bicyclic) bond motifs is 1. The zero-order valence-electron chi connectivity index (χ0n) is 14.9. The van der Waals surface area contributed by atoms with Gasteiger partial charge in [0.2, 0.25) is 0 Å². The molecule has 0 fully saturated rings. The SMILES string of the molecule is CCNC(=NCC(O)Cc1ccccc1)N1CCc2ccccc2C1. The summed E-state index contributed by atoms with van der Waals surface area (Å²) in [6.45, 7) is 5.14. The first-order chi connectivity index (χ1) is 12.3. The van der Waals surface area contributed by atoms with Crippen LogP contribution in [0.5, 0.6) is 0 Å². The van der Waals surface area contributed by atoms with Gasteiger partial charge in [0.05, 0.1) is 12.6 Å². The third kappa shape index (κ3) is 4.83. The maximum absolute atomic E-state index is 10.3. The summed E-state index contributed by atoms with van der Waals surface area (Å²) < 4.78 is 0. The largest absolute Gasteiger partial charge is 0.391 e. The van der Waals surface area contributed by atoms with Crippen molar-refractivity contribution in [3.8, 4) is 0 Å². The molecule has 0 amide bonds. The van der Waals surface area contributed by atoms with Crippen LogP contribution in [-0.2, 0) is 19.4 Å². The molecule has 1 aliphatic heterocycles. The molecule has 4 heteroatoms. The second-order valence-corrected chi connectivity index (χ2v) is 6.48. The van der Waals surface area contributed by atoms with Crippen LogP contribution >= 0.6 is 0 Å². The van der Waals surface area contributed by atoms with Gasteiger partial charge in [-0.2, -0.15) is 0 Å². The van der Waals surface area contributed by atoms with E-state index in [1.807, 2.05) is 30.3 Å². The highest BCUT2D eigenvalue weighted by Crippen LogP contribution is 2.18. The van der Waals surface area contributed by atoms with Crippen LogP contribution in [0.3, 0.4) is 0 Å². The van der Waals surface area contributed by atoms with E-state index in [0.717, 1.165) is 37.6 Å². The van der Waals surface area contributed by atoms with E-state index in [2.05, 4.69) is 46.4 Å². The van der Waals surface area contributed by atoms with Gasteiger partial charge >= 0.3 is 0 Å². The average Bonchev–Trinajstić information content (AvgIpc) is 2.65. The van der Waals surface area contributed by atoms with E-state index in [0.29, 0.717) is 13.0 Å². The number of nitrogens with zero attached hydrogens (tertiary/aromatic N) is 2. The van der Waals surface area contributed by atoms with Crippen LogP contribution in [0.2, 0.25) is 0 Å². The lowest BCUT2D eigenvalue weighted by Crippen LogP contribution is -2.44. The molecule has 0 saturated carbocycles. The highest BCUT2D eigenvalue weighted by Gasteiger charge is 2.18. The Morgan fingerprint density at radius 3 is 2.60 bits per heavy atom. The molecule has 0 radical (unpaired) electrons. The van der Waals surface area contributed by atoms with E-state index in [-0.39, 0.29) is 0 Å². The van der Waals surface area contributed by atoms with Gasteiger partial charge in [0.1, 0.15) is 0 Å². The summed E-state index contributed by atoms with van der Waals surface area (Å²) in [5.74, 6) is 0.893. The molecule has 4 nitrogen and oxygen atoms in total. The number of hydrogen-bond acceptors (Lipinski definition) is 2. The van der Waals surface area contributed by atoms with Gasteiger partial charge in [0.25, 0.3) is 0 Å². The minimum atomic E-state index is -0.465. The zero-order valence-corrected chi connectivity index (χ0v) is 14.9. The normalized spacial score (nSPS) is 15.6. The number of guanidine groups is 1. The third-order valence-corrected chi connectivity index (χ3v) is 4.53. The quantitative estimate of drug-likeness (QED) is 0.651. The summed E-state index contributed by atoms with van der Waals surface area (Å²) in [6.07, 6.45) is 1.20. The van der Waals surface area contributed by atoms with Crippen molar-refractivity contribution in [1.82, 2.24) is 10.2 Å². The fraction of sp³-hybridized carbons (Fsp3) is 0.381. The van der Waals surface area contributed by atoms with Gasteiger partial charge < -0.3 is 15.3 Å². The Balaban J connectivity index is 1.63. The van der Waals surface area contributed by atoms with E-state index in [1.54, 1.807) is 0 Å². The van der Waals surface area contributed by atoms with Gasteiger partial charge in [0.15, 0.2) is 5.96 Å². The maximum atomic E-state index is 10.3. The number of hydrogen-bond donors (Lipinski definition) is 2. The predicted molar refractivity (Wildman–Crippen MR) is 103 cm³/mol. The van der Waals surface area contributed by atoms with Gasteiger partial charge in [-0.3, -0.25) is 4.99 Å². The molecule has 1 aliphatic rings. The molecule has 1 heterocycles. The lowest BCUT2D eigenvalue weighted by molar-refractivity contribution is 0.183. The second-order valence-electron chi connectivity index (χ2n) is 6.48. The molecule has 2 aromatic carbocycles. The van der Waals surface area contributed by atoms with Crippen molar-refractivity contribution in [1.29, 1.82) is 0 Å². The Kier molecular flexibility index (Phi) is 6.07. The Morgan fingerprint density at radius 2 is 1.84 bits per heavy atom. The monoisotopic (exact) mass is 337 g/mol.